The first-order chi connectivity index (χ1) is 14.7. The predicted molar refractivity (Wildman–Crippen MR) is 125 cm³/mol. The number of thiazole rings is 1. The lowest BCUT2D eigenvalue weighted by Crippen LogP contribution is -1.96. The molecule has 1 heterocycles. The van der Waals surface area contributed by atoms with Gasteiger partial charge in [-0.05, 0) is 67.0 Å². The van der Waals surface area contributed by atoms with Gasteiger partial charge in [-0.2, -0.15) is 0 Å². The molecule has 1 aromatic heterocycles. The minimum absolute atomic E-state index is 0.263. The van der Waals surface area contributed by atoms with Crippen LogP contribution in [0.2, 0.25) is 0 Å². The van der Waals surface area contributed by atoms with E-state index in [1.807, 2.05) is 32.1 Å². The van der Waals surface area contributed by atoms with Crippen LogP contribution in [0.4, 0.5) is 4.39 Å². The molecule has 0 N–H and O–H groups in total. The molecule has 0 saturated heterocycles. The molecule has 0 saturated carbocycles. The van der Waals surface area contributed by atoms with Crippen molar-refractivity contribution < 1.29 is 12.8 Å². The average Bonchev–Trinajstić information content (AvgIpc) is 3.09. The Morgan fingerprint density at radius 3 is 2.26 bits per heavy atom. The van der Waals surface area contributed by atoms with Gasteiger partial charge in [-0.3, -0.25) is 0 Å². The molecule has 0 aliphatic heterocycles. The molecule has 1 aliphatic rings. The summed E-state index contributed by atoms with van der Waals surface area (Å²) in [5.41, 5.74) is 8.74. The molecule has 31 heavy (non-hydrogen) atoms. The van der Waals surface area contributed by atoms with Crippen molar-refractivity contribution in [3.8, 4) is 21.7 Å². The van der Waals surface area contributed by atoms with Crippen molar-refractivity contribution in [1.82, 2.24) is 4.98 Å². The van der Waals surface area contributed by atoms with Gasteiger partial charge >= 0.3 is 0 Å². The standard InChI is InChI=1S/C25H20FNO2S2/c1-16-5-4-6-17(2)22(15-16)25-27-23(18-7-11-20(26)12-8-18)24(30-25)19-9-13-21(14-10-19)31(3,28)29/h4-14H,1-3H3. The van der Waals surface area contributed by atoms with Gasteiger partial charge in [0, 0.05) is 11.8 Å². The van der Waals surface area contributed by atoms with E-state index in [-0.39, 0.29) is 10.7 Å². The summed E-state index contributed by atoms with van der Waals surface area (Å²) in [6, 6.07) is 13.0. The summed E-state index contributed by atoms with van der Waals surface area (Å²) in [7, 11) is -3.28. The molecule has 6 heteroatoms. The molecule has 0 unspecified atom stereocenters. The van der Waals surface area contributed by atoms with Crippen LogP contribution in [-0.4, -0.2) is 19.7 Å². The third-order valence-electron chi connectivity index (χ3n) is 4.91. The van der Waals surface area contributed by atoms with E-state index in [9.17, 15) is 12.8 Å². The monoisotopic (exact) mass is 449 g/mol. The number of rotatable bonds is 4. The van der Waals surface area contributed by atoms with E-state index in [1.54, 1.807) is 36.4 Å². The maximum atomic E-state index is 13.5. The van der Waals surface area contributed by atoms with Crippen LogP contribution < -0.4 is 0 Å². The third-order valence-corrected chi connectivity index (χ3v) is 7.16. The summed E-state index contributed by atoms with van der Waals surface area (Å²) >= 11 is 1.51. The molecule has 4 rings (SSSR count). The Morgan fingerprint density at radius 2 is 1.61 bits per heavy atom. The minimum Gasteiger partial charge on any atom is -0.235 e. The van der Waals surface area contributed by atoms with Crippen molar-refractivity contribution in [2.24, 2.45) is 0 Å². The zero-order chi connectivity index (χ0) is 22.2. The molecule has 1 aliphatic carbocycles. The number of halogens is 1. The van der Waals surface area contributed by atoms with E-state index < -0.39 is 9.84 Å². The molecule has 0 fully saturated rings. The van der Waals surface area contributed by atoms with Crippen LogP contribution in [0.1, 0.15) is 18.9 Å². The van der Waals surface area contributed by atoms with Gasteiger partial charge in [0.2, 0.25) is 0 Å². The van der Waals surface area contributed by atoms with Gasteiger partial charge in [-0.15, -0.1) is 17.1 Å². The lowest BCUT2D eigenvalue weighted by atomic mass is 10.1. The van der Waals surface area contributed by atoms with Crippen LogP contribution in [0, 0.1) is 5.82 Å². The van der Waals surface area contributed by atoms with Crippen LogP contribution in [0.15, 0.2) is 88.5 Å². The summed E-state index contributed by atoms with van der Waals surface area (Å²) in [6.07, 6.45) is 7.20. The van der Waals surface area contributed by atoms with Gasteiger partial charge < -0.3 is 0 Å². The van der Waals surface area contributed by atoms with Crippen LogP contribution in [-0.2, 0) is 9.84 Å². The van der Waals surface area contributed by atoms with Crippen LogP contribution in [0.3, 0.4) is 0 Å². The molecular weight excluding hydrogens is 429 g/mol. The van der Waals surface area contributed by atoms with Crippen LogP contribution >= 0.6 is 11.3 Å². The second-order valence-electron chi connectivity index (χ2n) is 7.39. The van der Waals surface area contributed by atoms with E-state index in [1.165, 1.54) is 29.7 Å². The summed E-state index contributed by atoms with van der Waals surface area (Å²) in [5.74, 6) is -0.312. The number of benzene rings is 2. The van der Waals surface area contributed by atoms with E-state index in [2.05, 4.69) is 5.73 Å². The zero-order valence-corrected chi connectivity index (χ0v) is 18.9. The molecule has 0 bridgehead atoms. The summed E-state index contributed by atoms with van der Waals surface area (Å²) in [6.45, 7) is 4.01. The molecule has 3 nitrogen and oxygen atoms in total. The Labute approximate surface area is 185 Å². The minimum atomic E-state index is -3.28. The van der Waals surface area contributed by atoms with E-state index in [4.69, 9.17) is 4.98 Å². The second-order valence-corrected chi connectivity index (χ2v) is 10.4. The van der Waals surface area contributed by atoms with E-state index in [0.29, 0.717) is 0 Å². The van der Waals surface area contributed by atoms with E-state index in [0.717, 1.165) is 43.4 Å². The van der Waals surface area contributed by atoms with Crippen molar-refractivity contribution in [3.63, 3.8) is 0 Å². The Bertz CT molecular complexity index is 1380. The summed E-state index contributed by atoms with van der Waals surface area (Å²) < 4.78 is 37.2. The zero-order valence-electron chi connectivity index (χ0n) is 17.3. The highest BCUT2D eigenvalue weighted by Gasteiger charge is 2.19. The van der Waals surface area contributed by atoms with Gasteiger partial charge in [0.15, 0.2) is 9.84 Å². The van der Waals surface area contributed by atoms with Crippen molar-refractivity contribution >= 4 is 26.7 Å². The fraction of sp³-hybridized carbons (Fsp3) is 0.120. The predicted octanol–water partition coefficient (Wildman–Crippen LogP) is 6.46. The molecule has 156 valence electrons. The average molecular weight is 450 g/mol. The van der Waals surface area contributed by atoms with Crippen LogP contribution in [0.25, 0.3) is 27.3 Å². The first-order valence-electron chi connectivity index (χ1n) is 9.63. The lowest BCUT2D eigenvalue weighted by Gasteiger charge is -2.04. The van der Waals surface area contributed by atoms with Crippen molar-refractivity contribution in [2.75, 3.05) is 6.26 Å². The third kappa shape index (κ3) is 4.52. The maximum absolute atomic E-state index is 13.5. The second kappa shape index (κ2) is 8.23. The fourth-order valence-corrected chi connectivity index (χ4v) is 5.05. The van der Waals surface area contributed by atoms with E-state index >= 15 is 0 Å². The number of hydrogen-bond acceptors (Lipinski definition) is 4. The molecule has 0 radical (unpaired) electrons. The smallest absolute Gasteiger partial charge is 0.175 e. The van der Waals surface area contributed by atoms with Crippen LogP contribution in [0.5, 0.6) is 0 Å². The number of sulfone groups is 1. The topological polar surface area (TPSA) is 47.0 Å². The summed E-state index contributed by atoms with van der Waals surface area (Å²) in [4.78, 5) is 6.05. The number of allylic oxidation sites excluding steroid dienone is 5. The maximum Gasteiger partial charge on any atom is 0.175 e. The van der Waals surface area contributed by atoms with Gasteiger partial charge in [-0.1, -0.05) is 30.4 Å². The summed E-state index contributed by atoms with van der Waals surface area (Å²) in [5, 5.41) is 0.804. The molecular formula is C25H20FNO2S2. The highest BCUT2D eigenvalue weighted by atomic mass is 32.2. The first kappa shape index (κ1) is 21.2. The highest BCUT2D eigenvalue weighted by molar-refractivity contribution is 7.90. The SMILES string of the molecule is CC1=C=C(c2nc(-c3ccc(F)cc3)c(-c3ccc(S(C)(=O)=O)cc3)s2)C(C)=CC=C1. The molecule has 3 aromatic rings. The Hall–Kier alpha value is -3.05. The normalized spacial score (nSPS) is 14.0. The molecule has 0 amide bonds. The molecule has 2 aromatic carbocycles. The van der Waals surface area contributed by atoms with Crippen molar-refractivity contribution in [3.05, 3.63) is 94.5 Å². The van der Waals surface area contributed by atoms with Crippen molar-refractivity contribution in [2.45, 2.75) is 18.7 Å². The molecule has 0 atom stereocenters. The molecule has 0 spiro atoms. The Balaban J connectivity index is 1.92. The number of nitrogens with zero attached hydrogens (tertiary/aromatic N) is 1. The number of aromatic nitrogens is 1. The largest absolute Gasteiger partial charge is 0.235 e. The van der Waals surface area contributed by atoms with Gasteiger partial charge in [0.1, 0.15) is 10.8 Å². The Kier molecular flexibility index (Phi) is 5.63. The van der Waals surface area contributed by atoms with Crippen molar-refractivity contribution in [1.29, 1.82) is 0 Å². The number of hydrogen-bond donors (Lipinski definition) is 0. The fourth-order valence-electron chi connectivity index (χ4n) is 3.26. The van der Waals surface area contributed by atoms with Gasteiger partial charge in [-0.25, -0.2) is 17.8 Å². The first-order valence-corrected chi connectivity index (χ1v) is 12.3. The Morgan fingerprint density at radius 1 is 0.968 bits per heavy atom. The quantitative estimate of drug-likeness (QED) is 0.429. The van der Waals surface area contributed by atoms with Gasteiger partial charge in [0.25, 0.3) is 0 Å². The van der Waals surface area contributed by atoms with Gasteiger partial charge in [0.05, 0.1) is 21.0 Å². The highest BCUT2D eigenvalue weighted by Crippen LogP contribution is 2.41. The lowest BCUT2D eigenvalue weighted by molar-refractivity contribution is 0.602.